The molecule has 0 aliphatic carbocycles. The Morgan fingerprint density at radius 1 is 0.600 bits per heavy atom. The van der Waals surface area contributed by atoms with Crippen LogP contribution >= 0.6 is 0 Å². The van der Waals surface area contributed by atoms with Crippen molar-refractivity contribution in [1.82, 2.24) is 0 Å². The van der Waals surface area contributed by atoms with Gasteiger partial charge in [-0.05, 0) is 0 Å². The minimum atomic E-state index is -6.00. The van der Waals surface area contributed by atoms with Gasteiger partial charge in [0.25, 0.3) is 0 Å². The quantitative estimate of drug-likeness (QED) is 0.351. The second-order valence-electron chi connectivity index (χ2n) is 6.06. The fraction of sp³-hybridized carbons (Fsp3) is 0.632. The van der Waals surface area contributed by atoms with Gasteiger partial charge in [0.2, 0.25) is 0 Å². The van der Waals surface area contributed by atoms with E-state index in [1.165, 1.54) is 0 Å². The lowest BCUT2D eigenvalue weighted by atomic mass is 10.2. The summed E-state index contributed by atoms with van der Waals surface area (Å²) in [7, 11) is -6.00. The van der Waals surface area contributed by atoms with Gasteiger partial charge < -0.3 is 45.7 Å². The normalized spacial score (nSPS) is 18.9. The van der Waals surface area contributed by atoms with E-state index in [0.717, 1.165) is 11.1 Å². The van der Waals surface area contributed by atoms with Crippen LogP contribution in [0, 0.1) is 0 Å². The molecule has 30 heavy (non-hydrogen) atoms. The molecule has 0 aromatic heterocycles. The van der Waals surface area contributed by atoms with Crippen LogP contribution in [0.2, 0.25) is 0 Å². The van der Waals surface area contributed by atoms with Crippen molar-refractivity contribution in [2.45, 2.75) is 13.2 Å². The summed E-state index contributed by atoms with van der Waals surface area (Å²) in [4.78, 5) is 0. The summed E-state index contributed by atoms with van der Waals surface area (Å²) in [6, 6.07) is 10.2. The van der Waals surface area contributed by atoms with E-state index in [1.807, 2.05) is 12.1 Å². The Morgan fingerprint density at radius 2 is 0.967 bits per heavy atom. The van der Waals surface area contributed by atoms with E-state index in [-0.39, 0.29) is 0 Å². The SMILES string of the molecule is F[B-](F)(F)F.c1cc2cc(c[cH+]1)COCCOCCOCCOCCOCCOC2. The average Bonchev–Trinajstić information content (AvgIpc) is 2.90. The monoisotopic (exact) mass is 440 g/mol. The van der Waals surface area contributed by atoms with E-state index in [9.17, 15) is 17.3 Å². The molecule has 2 rings (SSSR count). The van der Waals surface area contributed by atoms with Crippen LogP contribution in [0.3, 0.4) is 0 Å². The highest BCUT2D eigenvalue weighted by Crippen LogP contribution is 2.07. The number of fused-ring (bicyclic) bond motifs is 2. The van der Waals surface area contributed by atoms with Gasteiger partial charge in [-0.1, -0.05) is 0 Å². The number of hydrogen-bond acceptors (Lipinski definition) is 6. The Bertz CT molecular complexity index is 511. The highest BCUT2D eigenvalue weighted by Gasteiger charge is 2.20. The molecule has 1 aliphatic rings. The molecule has 2 bridgehead atoms. The Kier molecular flexibility index (Phi) is 15.4. The zero-order valence-corrected chi connectivity index (χ0v) is 16.9. The van der Waals surface area contributed by atoms with Gasteiger partial charge in [0.1, 0.15) is 6.61 Å². The molecule has 0 N–H and O–H groups in total. The zero-order valence-electron chi connectivity index (χ0n) is 16.9. The third-order valence-corrected chi connectivity index (χ3v) is 3.50. The van der Waals surface area contributed by atoms with Crippen LogP contribution in [0.1, 0.15) is 11.1 Å². The fourth-order valence-corrected chi connectivity index (χ4v) is 2.25. The van der Waals surface area contributed by atoms with E-state index in [4.69, 9.17) is 28.4 Å². The second-order valence-corrected chi connectivity index (χ2v) is 6.06. The maximum atomic E-state index is 9.75. The Morgan fingerprint density at radius 3 is 1.40 bits per heavy atom. The van der Waals surface area contributed by atoms with Gasteiger partial charge in [-0.15, -0.1) is 0 Å². The molecular weight excluding hydrogens is 411 g/mol. The molecule has 0 spiro atoms. The summed E-state index contributed by atoms with van der Waals surface area (Å²) < 4.78 is 72.1. The van der Waals surface area contributed by atoms with E-state index >= 15 is 0 Å². The van der Waals surface area contributed by atoms with Crippen molar-refractivity contribution in [2.24, 2.45) is 0 Å². The average molecular weight is 440 g/mol. The smallest absolute Gasteiger partial charge is 0.418 e. The molecule has 0 atom stereocenters. The van der Waals surface area contributed by atoms with Crippen LogP contribution in [0.4, 0.5) is 17.3 Å². The summed E-state index contributed by atoms with van der Waals surface area (Å²) in [5, 5.41) is 0. The number of ether oxygens (including phenoxy) is 6. The van der Waals surface area contributed by atoms with E-state index in [0.29, 0.717) is 79.3 Å². The van der Waals surface area contributed by atoms with Gasteiger partial charge in [0.05, 0.1) is 84.3 Å². The molecule has 11 heteroatoms. The summed E-state index contributed by atoms with van der Waals surface area (Å²) in [6.07, 6.45) is 0. The fourth-order valence-electron chi connectivity index (χ4n) is 2.25. The minimum absolute atomic E-state index is 0.558. The van der Waals surface area contributed by atoms with Gasteiger partial charge in [0.15, 0.2) is 0 Å². The molecule has 172 valence electrons. The third-order valence-electron chi connectivity index (χ3n) is 3.50. The molecule has 1 aliphatic heterocycles. The largest absolute Gasteiger partial charge is 0.673 e. The van der Waals surface area contributed by atoms with Crippen molar-refractivity contribution >= 4 is 7.25 Å². The minimum Gasteiger partial charge on any atom is -0.418 e. The maximum Gasteiger partial charge on any atom is 0.673 e. The lowest BCUT2D eigenvalue weighted by Gasteiger charge is -2.07. The van der Waals surface area contributed by atoms with Gasteiger partial charge in [0, 0.05) is 29.8 Å². The Hall–Kier alpha value is -1.37. The van der Waals surface area contributed by atoms with Crippen molar-refractivity contribution in [2.75, 3.05) is 66.1 Å². The maximum absolute atomic E-state index is 9.75. The molecule has 1 aromatic rings. The van der Waals surface area contributed by atoms with Crippen molar-refractivity contribution < 1.29 is 45.7 Å². The van der Waals surface area contributed by atoms with E-state index in [2.05, 4.69) is 18.2 Å². The Labute approximate surface area is 174 Å². The van der Waals surface area contributed by atoms with E-state index < -0.39 is 7.25 Å². The number of halogens is 4. The topological polar surface area (TPSA) is 55.4 Å². The van der Waals surface area contributed by atoms with Crippen LogP contribution < -0.4 is 0 Å². The first-order valence-corrected chi connectivity index (χ1v) is 9.70. The van der Waals surface area contributed by atoms with Crippen LogP contribution in [0.15, 0.2) is 30.3 Å². The van der Waals surface area contributed by atoms with Gasteiger partial charge >= 0.3 is 7.25 Å². The molecule has 0 amide bonds. The molecule has 0 saturated carbocycles. The predicted molar refractivity (Wildman–Crippen MR) is 104 cm³/mol. The van der Waals surface area contributed by atoms with Crippen LogP contribution in [-0.4, -0.2) is 73.3 Å². The number of rotatable bonds is 0. The van der Waals surface area contributed by atoms with E-state index in [1.54, 1.807) is 0 Å². The summed E-state index contributed by atoms with van der Waals surface area (Å²) in [6.45, 7) is 6.75. The molecule has 1 aromatic carbocycles. The summed E-state index contributed by atoms with van der Waals surface area (Å²) in [5.74, 6) is 0. The van der Waals surface area contributed by atoms with Crippen molar-refractivity contribution in [1.29, 1.82) is 0 Å². The number of hydrogen-bond donors (Lipinski definition) is 0. The first-order valence-electron chi connectivity index (χ1n) is 9.70. The van der Waals surface area contributed by atoms with Crippen molar-refractivity contribution in [3.8, 4) is 0 Å². The first-order chi connectivity index (χ1) is 14.4. The van der Waals surface area contributed by atoms with Crippen LogP contribution in [-0.2, 0) is 41.6 Å². The molecular formula is C19H29BF4O6. The zero-order chi connectivity index (χ0) is 21.9. The second kappa shape index (κ2) is 17.3. The third kappa shape index (κ3) is 18.7. The standard InChI is InChI=1S/C19H29O6.BF4/c1-2-4-19-15-18(3-1)16-24-13-11-22-9-7-20-5-6-21-8-10-23-12-14-25-17-19;2-1(3,4)5/h1-4,15H,5-14,16-17H2;/q+1;-1. The summed E-state index contributed by atoms with van der Waals surface area (Å²) >= 11 is 0. The lowest BCUT2D eigenvalue weighted by molar-refractivity contribution is -0.0182. The highest BCUT2D eigenvalue weighted by molar-refractivity contribution is 6.50. The van der Waals surface area contributed by atoms with Gasteiger partial charge in [-0.25, -0.2) is 0 Å². The van der Waals surface area contributed by atoms with Crippen LogP contribution in [0.25, 0.3) is 0 Å². The molecule has 0 fully saturated rings. The van der Waals surface area contributed by atoms with Gasteiger partial charge in [-0.3, -0.25) is 0 Å². The Balaban J connectivity index is 0.000000804. The van der Waals surface area contributed by atoms with Crippen LogP contribution in [0.5, 0.6) is 0 Å². The molecule has 1 heterocycles. The van der Waals surface area contributed by atoms with Crippen molar-refractivity contribution in [3.63, 3.8) is 0 Å². The van der Waals surface area contributed by atoms with Gasteiger partial charge in [-0.2, -0.15) is 0 Å². The molecule has 6 nitrogen and oxygen atoms in total. The molecule has 0 unspecified atom stereocenters. The highest BCUT2D eigenvalue weighted by atomic mass is 19.5. The molecule has 0 saturated heterocycles. The summed E-state index contributed by atoms with van der Waals surface area (Å²) in [5.41, 5.74) is 2.23. The van der Waals surface area contributed by atoms with Crippen molar-refractivity contribution in [3.05, 3.63) is 41.5 Å². The molecule has 0 radical (unpaired) electrons. The lowest BCUT2D eigenvalue weighted by Crippen LogP contribution is -2.13. The first kappa shape index (κ1) is 26.7. The predicted octanol–water partition coefficient (Wildman–Crippen LogP) is 3.38.